The van der Waals surface area contributed by atoms with Crippen molar-refractivity contribution < 1.29 is 18.0 Å². The van der Waals surface area contributed by atoms with Crippen molar-refractivity contribution in [2.75, 3.05) is 17.2 Å². The lowest BCUT2D eigenvalue weighted by Gasteiger charge is -2.24. The molecular weight excluding hydrogens is 448 g/mol. The summed E-state index contributed by atoms with van der Waals surface area (Å²) in [7, 11) is -4.02. The fourth-order valence-electron chi connectivity index (χ4n) is 3.04. The number of nitrogens with zero attached hydrogens (tertiary/aromatic N) is 1. The monoisotopic (exact) mass is 462 g/mol. The number of para-hydroxylation sites is 1. The molecule has 1 aliphatic heterocycles. The van der Waals surface area contributed by atoms with Crippen molar-refractivity contribution in [3.8, 4) is 0 Å². The Balaban J connectivity index is 1.43. The maximum atomic E-state index is 12.7. The molecule has 0 saturated carbocycles. The molecule has 154 valence electrons. The number of pyridine rings is 1. The fourth-order valence-corrected chi connectivity index (χ4v) is 5.43. The van der Waals surface area contributed by atoms with Gasteiger partial charge in [-0.05, 0) is 36.4 Å². The third-order valence-corrected chi connectivity index (χ3v) is 7.50. The first-order valence-corrected chi connectivity index (χ1v) is 11.4. The smallest absolute Gasteiger partial charge is 0.333 e. The number of benzene rings is 1. The third kappa shape index (κ3) is 4.16. The van der Waals surface area contributed by atoms with Gasteiger partial charge in [-0.25, -0.2) is 17.9 Å². The minimum absolute atomic E-state index is 0.0315. The SMILES string of the molecule is O=C(Nc1ccc(C2CNc3ccccc3C2=O)nc1)NS(=O)(=O)c1ccc(Cl)s1. The molecule has 0 spiro atoms. The van der Waals surface area contributed by atoms with Gasteiger partial charge in [-0.1, -0.05) is 23.7 Å². The normalized spacial score (nSPS) is 15.8. The standard InChI is InChI=1S/C19H15ClN4O4S2/c20-16-7-8-17(29-16)30(27,28)24-19(26)23-11-5-6-15(21-9-11)13-10-22-14-4-2-1-3-12(14)18(13)25/h1-9,13,22H,10H2,(H2,23,24,26). The van der Waals surface area contributed by atoms with Gasteiger partial charge < -0.3 is 10.6 Å². The zero-order chi connectivity index (χ0) is 21.3. The van der Waals surface area contributed by atoms with Crippen molar-refractivity contribution >= 4 is 56.2 Å². The number of hydrogen-bond donors (Lipinski definition) is 3. The Hall–Kier alpha value is -2.95. The van der Waals surface area contributed by atoms with Crippen molar-refractivity contribution in [2.24, 2.45) is 0 Å². The highest BCUT2D eigenvalue weighted by molar-refractivity contribution is 7.92. The number of nitrogens with one attached hydrogen (secondary N) is 3. The molecule has 3 N–H and O–H groups in total. The van der Waals surface area contributed by atoms with Crippen LogP contribution in [0.1, 0.15) is 22.0 Å². The van der Waals surface area contributed by atoms with E-state index < -0.39 is 22.0 Å². The molecule has 2 amide bonds. The number of sulfonamides is 1. The number of fused-ring (bicyclic) bond motifs is 1. The molecule has 1 atom stereocenters. The number of carbonyl (C=O) groups excluding carboxylic acids is 2. The molecule has 0 radical (unpaired) electrons. The van der Waals surface area contributed by atoms with Crippen molar-refractivity contribution in [1.82, 2.24) is 9.71 Å². The van der Waals surface area contributed by atoms with Crippen molar-refractivity contribution in [1.29, 1.82) is 0 Å². The van der Waals surface area contributed by atoms with Crippen LogP contribution in [0.15, 0.2) is 58.9 Å². The molecule has 2 aromatic heterocycles. The van der Waals surface area contributed by atoms with Gasteiger partial charge in [0.25, 0.3) is 10.0 Å². The maximum Gasteiger partial charge on any atom is 0.333 e. The number of ketones is 1. The van der Waals surface area contributed by atoms with E-state index in [1.807, 2.05) is 16.9 Å². The molecule has 1 unspecified atom stereocenters. The number of anilines is 2. The van der Waals surface area contributed by atoms with Crippen LogP contribution in [0.5, 0.6) is 0 Å². The summed E-state index contributed by atoms with van der Waals surface area (Å²) in [6.07, 6.45) is 1.37. The number of urea groups is 1. The Morgan fingerprint density at radius 2 is 1.97 bits per heavy atom. The first kappa shape index (κ1) is 20.3. The van der Waals surface area contributed by atoms with E-state index in [2.05, 4.69) is 15.6 Å². The van der Waals surface area contributed by atoms with Crippen molar-refractivity contribution in [2.45, 2.75) is 10.1 Å². The molecule has 3 aromatic rings. The molecule has 0 saturated heterocycles. The molecule has 8 nitrogen and oxygen atoms in total. The summed E-state index contributed by atoms with van der Waals surface area (Å²) in [5, 5.41) is 5.63. The Morgan fingerprint density at radius 3 is 2.67 bits per heavy atom. The van der Waals surface area contributed by atoms with E-state index >= 15 is 0 Å². The second kappa shape index (κ2) is 8.05. The molecule has 4 rings (SSSR count). The Labute approximate surface area is 181 Å². The van der Waals surface area contributed by atoms with Crippen LogP contribution in [0.3, 0.4) is 0 Å². The highest BCUT2D eigenvalue weighted by Crippen LogP contribution is 2.30. The number of aromatic nitrogens is 1. The van der Waals surface area contributed by atoms with Crippen LogP contribution >= 0.6 is 22.9 Å². The van der Waals surface area contributed by atoms with Gasteiger partial charge in [-0.3, -0.25) is 9.78 Å². The topological polar surface area (TPSA) is 117 Å². The summed E-state index contributed by atoms with van der Waals surface area (Å²) >= 11 is 6.58. The molecule has 0 bridgehead atoms. The van der Waals surface area contributed by atoms with Gasteiger partial charge in [0.05, 0.1) is 27.8 Å². The number of carbonyl (C=O) groups is 2. The maximum absolute atomic E-state index is 12.7. The number of rotatable bonds is 4. The van der Waals surface area contributed by atoms with Gasteiger partial charge in [0.15, 0.2) is 5.78 Å². The first-order valence-electron chi connectivity index (χ1n) is 8.76. The lowest BCUT2D eigenvalue weighted by Crippen LogP contribution is -2.34. The zero-order valence-corrected chi connectivity index (χ0v) is 17.6. The lowest BCUT2D eigenvalue weighted by molar-refractivity contribution is 0.0959. The summed E-state index contributed by atoms with van der Waals surface area (Å²) in [5.41, 5.74) is 2.24. The van der Waals surface area contributed by atoms with Crippen LogP contribution in [-0.2, 0) is 10.0 Å². The average Bonchev–Trinajstić information content (AvgIpc) is 3.16. The first-order chi connectivity index (χ1) is 14.3. The molecule has 1 aliphatic rings. The van der Waals surface area contributed by atoms with E-state index in [4.69, 9.17) is 11.6 Å². The van der Waals surface area contributed by atoms with Crippen LogP contribution in [-0.4, -0.2) is 31.8 Å². The zero-order valence-electron chi connectivity index (χ0n) is 15.3. The van der Waals surface area contributed by atoms with E-state index in [9.17, 15) is 18.0 Å². The summed E-state index contributed by atoms with van der Waals surface area (Å²) < 4.78 is 26.5. The molecule has 1 aromatic carbocycles. The lowest BCUT2D eigenvalue weighted by atomic mass is 9.89. The van der Waals surface area contributed by atoms with Crippen LogP contribution in [0.4, 0.5) is 16.2 Å². The number of Topliss-reactive ketones (excluding diaryl/α,β-unsaturated/α-hetero) is 1. The second-order valence-electron chi connectivity index (χ2n) is 6.43. The predicted molar refractivity (Wildman–Crippen MR) is 115 cm³/mol. The Kier molecular flexibility index (Phi) is 5.46. The average molecular weight is 463 g/mol. The molecular formula is C19H15ClN4O4S2. The van der Waals surface area contributed by atoms with E-state index in [-0.39, 0.29) is 15.7 Å². The minimum Gasteiger partial charge on any atom is -0.383 e. The van der Waals surface area contributed by atoms with Gasteiger partial charge in [0, 0.05) is 17.8 Å². The third-order valence-electron chi connectivity index (χ3n) is 4.45. The highest BCUT2D eigenvalue weighted by Gasteiger charge is 2.29. The molecule has 0 fully saturated rings. The van der Waals surface area contributed by atoms with E-state index in [1.165, 1.54) is 18.3 Å². The highest BCUT2D eigenvalue weighted by atomic mass is 35.5. The Morgan fingerprint density at radius 1 is 1.17 bits per heavy atom. The van der Waals surface area contributed by atoms with Crippen molar-refractivity contribution in [3.63, 3.8) is 0 Å². The van der Waals surface area contributed by atoms with Crippen molar-refractivity contribution in [3.05, 3.63) is 70.3 Å². The van der Waals surface area contributed by atoms with E-state index in [0.29, 0.717) is 22.1 Å². The predicted octanol–water partition coefficient (Wildman–Crippen LogP) is 3.70. The summed E-state index contributed by atoms with van der Waals surface area (Å²) in [6.45, 7) is 0.414. The van der Waals surface area contributed by atoms with E-state index in [0.717, 1.165) is 17.0 Å². The fraction of sp³-hybridized carbons (Fsp3) is 0.105. The molecule has 11 heteroatoms. The molecule has 3 heterocycles. The largest absolute Gasteiger partial charge is 0.383 e. The molecule has 0 aliphatic carbocycles. The summed E-state index contributed by atoms with van der Waals surface area (Å²) in [6, 6.07) is 12.3. The number of hydrogen-bond acceptors (Lipinski definition) is 7. The number of halogens is 1. The number of thiophene rings is 1. The quantitative estimate of drug-likeness (QED) is 0.544. The van der Waals surface area contributed by atoms with Crippen LogP contribution in [0, 0.1) is 0 Å². The van der Waals surface area contributed by atoms with Gasteiger partial charge in [0.2, 0.25) is 0 Å². The van der Waals surface area contributed by atoms with Gasteiger partial charge in [-0.15, -0.1) is 11.3 Å². The molecule has 30 heavy (non-hydrogen) atoms. The second-order valence-corrected chi connectivity index (χ2v) is 10.1. The Bertz CT molecular complexity index is 1230. The van der Waals surface area contributed by atoms with E-state index in [1.54, 1.807) is 24.3 Å². The summed E-state index contributed by atoms with van der Waals surface area (Å²) in [5.74, 6) is -0.484. The van der Waals surface area contributed by atoms with Crippen LogP contribution in [0.25, 0.3) is 0 Å². The van der Waals surface area contributed by atoms with Crippen LogP contribution in [0.2, 0.25) is 4.34 Å². The minimum atomic E-state index is -4.02. The van der Waals surface area contributed by atoms with Gasteiger partial charge in [0.1, 0.15) is 4.21 Å². The summed E-state index contributed by atoms with van der Waals surface area (Å²) in [4.78, 5) is 29.1. The number of amides is 2. The van der Waals surface area contributed by atoms with Gasteiger partial charge in [-0.2, -0.15) is 0 Å². The van der Waals surface area contributed by atoms with Crippen LogP contribution < -0.4 is 15.4 Å². The van der Waals surface area contributed by atoms with Gasteiger partial charge >= 0.3 is 6.03 Å².